The van der Waals surface area contributed by atoms with Crippen LogP contribution in [0.5, 0.6) is 0 Å². The number of nitrogens with two attached hydrogens (primary N) is 1. The molecule has 0 unspecified atom stereocenters. The van der Waals surface area contributed by atoms with Gasteiger partial charge in [-0.25, -0.2) is 10.8 Å². The van der Waals surface area contributed by atoms with Gasteiger partial charge in [-0.15, -0.1) is 0 Å². The summed E-state index contributed by atoms with van der Waals surface area (Å²) >= 11 is 0. The third-order valence-corrected chi connectivity index (χ3v) is 3.56. The third kappa shape index (κ3) is 3.14. The summed E-state index contributed by atoms with van der Waals surface area (Å²) in [7, 11) is 0. The van der Waals surface area contributed by atoms with Crippen molar-refractivity contribution in [2.45, 2.75) is 31.7 Å². The summed E-state index contributed by atoms with van der Waals surface area (Å²) in [5, 5.41) is 20.2. The van der Waals surface area contributed by atoms with E-state index in [0.717, 1.165) is 25.7 Å². The average Bonchev–Trinajstić information content (AvgIpc) is 2.98. The van der Waals surface area contributed by atoms with Crippen LogP contribution in [-0.4, -0.2) is 34.2 Å². The molecule has 4 N–H and O–H groups in total. The van der Waals surface area contributed by atoms with E-state index in [2.05, 4.69) is 10.4 Å². The summed E-state index contributed by atoms with van der Waals surface area (Å²) in [4.78, 5) is 16.7. The van der Waals surface area contributed by atoms with Gasteiger partial charge in [-0.05, 0) is 12.8 Å². The molecular weight excluding hydrogens is 262 g/mol. The van der Waals surface area contributed by atoms with Crippen molar-refractivity contribution in [3.63, 3.8) is 0 Å². The fourth-order valence-corrected chi connectivity index (χ4v) is 2.64. The highest BCUT2D eigenvalue weighted by Crippen LogP contribution is 2.30. The molecule has 1 aliphatic carbocycles. The molecule has 20 heavy (non-hydrogen) atoms. The van der Waals surface area contributed by atoms with Crippen LogP contribution >= 0.6 is 0 Å². The topological polar surface area (TPSA) is 118 Å². The second kappa shape index (κ2) is 6.49. The van der Waals surface area contributed by atoms with E-state index in [-0.39, 0.29) is 24.2 Å². The van der Waals surface area contributed by atoms with E-state index in [1.807, 2.05) is 4.90 Å². The van der Waals surface area contributed by atoms with Gasteiger partial charge in [-0.3, -0.25) is 10.1 Å². The Kier molecular flexibility index (Phi) is 4.70. The zero-order valence-electron chi connectivity index (χ0n) is 11.2. The zero-order chi connectivity index (χ0) is 14.5. The maximum atomic E-state index is 11.0. The third-order valence-electron chi connectivity index (χ3n) is 3.56. The molecule has 1 fully saturated rings. The van der Waals surface area contributed by atoms with E-state index in [0.29, 0.717) is 12.4 Å². The summed E-state index contributed by atoms with van der Waals surface area (Å²) in [6.07, 6.45) is 4.28. The zero-order valence-corrected chi connectivity index (χ0v) is 11.2. The molecule has 0 bridgehead atoms. The number of pyridine rings is 1. The second-order valence-electron chi connectivity index (χ2n) is 4.83. The molecule has 1 saturated carbocycles. The first-order chi connectivity index (χ1) is 9.65. The van der Waals surface area contributed by atoms with Crippen molar-refractivity contribution >= 4 is 17.3 Å². The lowest BCUT2D eigenvalue weighted by molar-refractivity contribution is -0.384. The molecule has 0 atom stereocenters. The van der Waals surface area contributed by atoms with Gasteiger partial charge in [-0.1, -0.05) is 12.8 Å². The van der Waals surface area contributed by atoms with Gasteiger partial charge in [0, 0.05) is 12.6 Å². The van der Waals surface area contributed by atoms with E-state index in [4.69, 9.17) is 5.84 Å². The van der Waals surface area contributed by atoms with Gasteiger partial charge in [0.25, 0.3) is 5.69 Å². The van der Waals surface area contributed by atoms with Crippen LogP contribution in [-0.2, 0) is 0 Å². The summed E-state index contributed by atoms with van der Waals surface area (Å²) in [5.74, 6) is 6.04. The molecule has 8 heteroatoms. The van der Waals surface area contributed by atoms with Gasteiger partial charge >= 0.3 is 0 Å². The molecule has 0 radical (unpaired) electrons. The molecule has 1 heterocycles. The average molecular weight is 281 g/mol. The van der Waals surface area contributed by atoms with Crippen LogP contribution in [0, 0.1) is 10.1 Å². The van der Waals surface area contributed by atoms with Gasteiger partial charge < -0.3 is 15.4 Å². The van der Waals surface area contributed by atoms with Crippen molar-refractivity contribution in [2.24, 2.45) is 5.84 Å². The predicted octanol–water partition coefficient (Wildman–Crippen LogP) is 1.02. The minimum atomic E-state index is -0.474. The van der Waals surface area contributed by atoms with Crippen LogP contribution in [0.25, 0.3) is 0 Å². The van der Waals surface area contributed by atoms with Gasteiger partial charge in [0.05, 0.1) is 23.7 Å². The van der Waals surface area contributed by atoms with E-state index >= 15 is 0 Å². The number of aromatic nitrogens is 1. The van der Waals surface area contributed by atoms with Crippen LogP contribution in [0.3, 0.4) is 0 Å². The van der Waals surface area contributed by atoms with Crippen molar-refractivity contribution in [1.82, 2.24) is 4.98 Å². The molecule has 0 amide bonds. The van der Waals surface area contributed by atoms with Crippen molar-refractivity contribution in [1.29, 1.82) is 0 Å². The molecule has 8 nitrogen and oxygen atoms in total. The number of aliphatic hydroxyl groups is 1. The van der Waals surface area contributed by atoms with Gasteiger partial charge in [0.15, 0.2) is 0 Å². The quantitative estimate of drug-likeness (QED) is 0.404. The van der Waals surface area contributed by atoms with Gasteiger partial charge in [-0.2, -0.15) is 0 Å². The smallest absolute Gasteiger partial charge is 0.276 e. The Labute approximate surface area is 116 Å². The fraction of sp³-hybridized carbons (Fsp3) is 0.583. The number of hydrogen-bond acceptors (Lipinski definition) is 7. The van der Waals surface area contributed by atoms with E-state index in [9.17, 15) is 15.2 Å². The van der Waals surface area contributed by atoms with Crippen LogP contribution in [0.1, 0.15) is 25.7 Å². The van der Waals surface area contributed by atoms with Gasteiger partial charge in [0.2, 0.25) is 0 Å². The van der Waals surface area contributed by atoms with Gasteiger partial charge in [0.1, 0.15) is 11.6 Å². The SMILES string of the molecule is NNc1cc([N+](=O)[O-])cc(N(CCO)C2CCCC2)n1. The van der Waals surface area contributed by atoms with Crippen molar-refractivity contribution in [3.05, 3.63) is 22.2 Å². The first-order valence-electron chi connectivity index (χ1n) is 6.66. The lowest BCUT2D eigenvalue weighted by Crippen LogP contribution is -2.36. The molecule has 0 aromatic carbocycles. The molecule has 1 aliphatic rings. The molecule has 0 aliphatic heterocycles. The minimum absolute atomic E-state index is 0.0216. The lowest BCUT2D eigenvalue weighted by atomic mass is 10.2. The first-order valence-corrected chi connectivity index (χ1v) is 6.66. The van der Waals surface area contributed by atoms with Crippen molar-refractivity contribution < 1.29 is 10.0 Å². The van der Waals surface area contributed by atoms with Crippen molar-refractivity contribution in [2.75, 3.05) is 23.5 Å². The molecule has 0 saturated heterocycles. The Morgan fingerprint density at radius 1 is 1.50 bits per heavy atom. The highest BCUT2D eigenvalue weighted by molar-refractivity contribution is 5.56. The number of nitrogen functional groups attached to an aromatic ring is 1. The predicted molar refractivity (Wildman–Crippen MR) is 75.4 cm³/mol. The summed E-state index contributed by atoms with van der Waals surface area (Å²) < 4.78 is 0. The van der Waals surface area contributed by atoms with E-state index in [1.165, 1.54) is 12.1 Å². The largest absolute Gasteiger partial charge is 0.395 e. The highest BCUT2D eigenvalue weighted by Gasteiger charge is 2.25. The summed E-state index contributed by atoms with van der Waals surface area (Å²) in [6, 6.07) is 2.98. The van der Waals surface area contributed by atoms with Crippen LogP contribution in [0.15, 0.2) is 12.1 Å². The Balaban J connectivity index is 2.35. The Morgan fingerprint density at radius 3 is 2.75 bits per heavy atom. The molecule has 1 aromatic heterocycles. The Hall–Kier alpha value is -1.93. The first kappa shape index (κ1) is 14.5. The fourth-order valence-electron chi connectivity index (χ4n) is 2.64. The summed E-state index contributed by atoms with van der Waals surface area (Å²) in [5.41, 5.74) is 2.28. The minimum Gasteiger partial charge on any atom is -0.395 e. The number of rotatable bonds is 6. The van der Waals surface area contributed by atoms with E-state index in [1.54, 1.807) is 0 Å². The monoisotopic (exact) mass is 281 g/mol. The van der Waals surface area contributed by atoms with Crippen molar-refractivity contribution in [3.8, 4) is 0 Å². The number of nitrogens with one attached hydrogen (secondary N) is 1. The van der Waals surface area contributed by atoms with Crippen LogP contribution in [0.2, 0.25) is 0 Å². The number of nitro groups is 1. The Bertz CT molecular complexity index is 476. The normalized spacial score (nSPS) is 15.3. The lowest BCUT2D eigenvalue weighted by Gasteiger charge is -2.29. The standard InChI is InChI=1S/C12H19N5O3/c13-15-11-7-10(17(19)20)8-12(14-11)16(5-6-18)9-3-1-2-4-9/h7-9,18H,1-6,13H2,(H,14,15). The maximum Gasteiger partial charge on any atom is 0.276 e. The Morgan fingerprint density at radius 2 is 2.20 bits per heavy atom. The second-order valence-corrected chi connectivity index (χ2v) is 4.83. The number of anilines is 2. The molecular formula is C12H19N5O3. The molecule has 0 spiro atoms. The summed E-state index contributed by atoms with van der Waals surface area (Å²) in [6.45, 7) is 0.384. The number of hydrazine groups is 1. The highest BCUT2D eigenvalue weighted by atomic mass is 16.6. The number of aliphatic hydroxyl groups excluding tert-OH is 1. The van der Waals surface area contributed by atoms with E-state index < -0.39 is 4.92 Å². The van der Waals surface area contributed by atoms with Crippen LogP contribution < -0.4 is 16.2 Å². The van der Waals surface area contributed by atoms with Crippen LogP contribution in [0.4, 0.5) is 17.3 Å². The number of hydrogen-bond donors (Lipinski definition) is 3. The maximum absolute atomic E-state index is 11.0. The number of nitrogens with zero attached hydrogens (tertiary/aromatic N) is 3. The molecule has 2 rings (SSSR count). The molecule has 110 valence electrons. The molecule has 1 aromatic rings.